The molecule has 0 amide bonds. The van der Waals surface area contributed by atoms with Crippen LogP contribution in [0, 0.1) is 6.92 Å². The van der Waals surface area contributed by atoms with Crippen LogP contribution in [0.4, 0.5) is 5.69 Å². The average molecular weight is 255 g/mol. The van der Waals surface area contributed by atoms with Gasteiger partial charge in [0.25, 0.3) is 0 Å². The highest BCUT2D eigenvalue weighted by Gasteiger charge is 2.21. The lowest BCUT2D eigenvalue weighted by Gasteiger charge is -2.20. The van der Waals surface area contributed by atoms with Crippen LogP contribution in [-0.2, 0) is 0 Å². The summed E-state index contributed by atoms with van der Waals surface area (Å²) < 4.78 is 1.92. The first-order chi connectivity index (χ1) is 9.24. The van der Waals surface area contributed by atoms with Gasteiger partial charge in [0.05, 0.1) is 23.3 Å². The van der Waals surface area contributed by atoms with Crippen LogP contribution in [0.3, 0.4) is 0 Å². The predicted molar refractivity (Wildman–Crippen MR) is 78.5 cm³/mol. The van der Waals surface area contributed by atoms with Gasteiger partial charge in [-0.3, -0.25) is 0 Å². The fraction of sp³-hybridized carbons (Fsp3) is 0.438. The van der Waals surface area contributed by atoms with Crippen molar-refractivity contribution in [2.24, 2.45) is 0 Å². The molecule has 3 nitrogen and oxygen atoms in total. The first kappa shape index (κ1) is 12.3. The number of nitrogens with zero attached hydrogens (tertiary/aromatic N) is 2. The molecule has 1 aliphatic carbocycles. The predicted octanol–water partition coefficient (Wildman–Crippen LogP) is 3.81. The molecule has 0 radical (unpaired) electrons. The van der Waals surface area contributed by atoms with Crippen molar-refractivity contribution < 1.29 is 0 Å². The molecular weight excluding hydrogens is 234 g/mol. The van der Waals surface area contributed by atoms with Crippen LogP contribution >= 0.6 is 0 Å². The lowest BCUT2D eigenvalue weighted by molar-refractivity contribution is 0.435. The number of benzene rings is 1. The van der Waals surface area contributed by atoms with E-state index in [2.05, 4.69) is 31.2 Å². The molecule has 0 spiro atoms. The summed E-state index contributed by atoms with van der Waals surface area (Å²) >= 11 is 0. The van der Waals surface area contributed by atoms with Crippen LogP contribution in [0.15, 0.2) is 30.5 Å². The van der Waals surface area contributed by atoms with Gasteiger partial charge in [0.15, 0.2) is 0 Å². The van der Waals surface area contributed by atoms with E-state index in [0.29, 0.717) is 5.92 Å². The highest BCUT2D eigenvalue weighted by Crippen LogP contribution is 2.34. The molecule has 0 atom stereocenters. The first-order valence-corrected chi connectivity index (χ1v) is 7.16. The van der Waals surface area contributed by atoms with Crippen LogP contribution in [0.5, 0.6) is 0 Å². The molecule has 2 aromatic rings. The molecule has 1 aromatic carbocycles. The summed E-state index contributed by atoms with van der Waals surface area (Å²) in [6.45, 7) is 2.09. The Morgan fingerprint density at radius 1 is 1.11 bits per heavy atom. The largest absolute Gasteiger partial charge is 0.396 e. The van der Waals surface area contributed by atoms with E-state index < -0.39 is 0 Å². The second-order valence-corrected chi connectivity index (χ2v) is 5.58. The van der Waals surface area contributed by atoms with Crippen LogP contribution in [0.2, 0.25) is 0 Å². The van der Waals surface area contributed by atoms with Crippen LogP contribution < -0.4 is 5.73 Å². The quantitative estimate of drug-likeness (QED) is 0.886. The molecule has 0 unspecified atom stereocenters. The number of anilines is 1. The number of aromatic nitrogens is 2. The van der Waals surface area contributed by atoms with Crippen LogP contribution in [0.1, 0.15) is 49.3 Å². The second-order valence-electron chi connectivity index (χ2n) is 5.58. The summed E-state index contributed by atoms with van der Waals surface area (Å²) in [5.74, 6) is 0.556. The molecular formula is C16H21N3. The molecule has 3 rings (SSSR count). The summed E-state index contributed by atoms with van der Waals surface area (Å²) in [5.41, 5.74) is 10.4. The molecule has 1 heterocycles. The van der Waals surface area contributed by atoms with E-state index in [-0.39, 0.29) is 0 Å². The normalized spacial score (nSPS) is 16.7. The molecule has 0 saturated heterocycles. The van der Waals surface area contributed by atoms with Crippen molar-refractivity contribution in [2.45, 2.75) is 44.9 Å². The van der Waals surface area contributed by atoms with Gasteiger partial charge in [-0.25, -0.2) is 4.68 Å². The van der Waals surface area contributed by atoms with Crippen molar-refractivity contribution in [3.8, 4) is 5.69 Å². The zero-order valence-corrected chi connectivity index (χ0v) is 11.5. The van der Waals surface area contributed by atoms with Gasteiger partial charge in [-0.15, -0.1) is 0 Å². The summed E-state index contributed by atoms with van der Waals surface area (Å²) in [5, 5.41) is 4.73. The summed E-state index contributed by atoms with van der Waals surface area (Å²) in [6.07, 6.45) is 8.39. The van der Waals surface area contributed by atoms with Gasteiger partial charge in [-0.2, -0.15) is 5.10 Å². The van der Waals surface area contributed by atoms with E-state index in [1.807, 2.05) is 10.9 Å². The van der Waals surface area contributed by atoms with Gasteiger partial charge in [0.1, 0.15) is 0 Å². The average Bonchev–Trinajstić information content (AvgIpc) is 2.83. The molecule has 1 fully saturated rings. The fourth-order valence-electron chi connectivity index (χ4n) is 2.92. The van der Waals surface area contributed by atoms with Crippen molar-refractivity contribution in [1.29, 1.82) is 0 Å². The fourth-order valence-corrected chi connectivity index (χ4v) is 2.92. The minimum Gasteiger partial charge on any atom is -0.396 e. The monoisotopic (exact) mass is 255 g/mol. The van der Waals surface area contributed by atoms with E-state index in [4.69, 9.17) is 10.8 Å². The Hall–Kier alpha value is -1.77. The lowest BCUT2D eigenvalue weighted by Crippen LogP contribution is -2.07. The minimum absolute atomic E-state index is 0.556. The van der Waals surface area contributed by atoms with E-state index in [0.717, 1.165) is 17.1 Å². The minimum atomic E-state index is 0.556. The number of rotatable bonds is 2. The van der Waals surface area contributed by atoms with Crippen molar-refractivity contribution in [2.75, 3.05) is 5.73 Å². The Morgan fingerprint density at radius 3 is 2.47 bits per heavy atom. The topological polar surface area (TPSA) is 43.8 Å². The van der Waals surface area contributed by atoms with Crippen molar-refractivity contribution in [1.82, 2.24) is 9.78 Å². The Balaban J connectivity index is 1.90. The zero-order chi connectivity index (χ0) is 13.2. The van der Waals surface area contributed by atoms with Gasteiger partial charge in [0.2, 0.25) is 0 Å². The standard InChI is InChI=1S/C16H21N3/c1-12-7-9-14(10-8-12)19-11-15(17)16(18-19)13-5-3-2-4-6-13/h7-11,13H,2-6,17H2,1H3. The molecule has 100 valence electrons. The maximum absolute atomic E-state index is 6.16. The number of nitrogen functional groups attached to an aromatic ring is 1. The van der Waals surface area contributed by atoms with Crippen molar-refractivity contribution >= 4 is 5.69 Å². The van der Waals surface area contributed by atoms with Crippen molar-refractivity contribution in [3.63, 3.8) is 0 Å². The number of hydrogen-bond acceptors (Lipinski definition) is 2. The van der Waals surface area contributed by atoms with Gasteiger partial charge in [-0.1, -0.05) is 37.0 Å². The number of nitrogens with two attached hydrogens (primary N) is 1. The maximum Gasteiger partial charge on any atom is 0.0889 e. The van der Waals surface area contributed by atoms with Gasteiger partial charge in [-0.05, 0) is 31.9 Å². The summed E-state index contributed by atoms with van der Waals surface area (Å²) in [7, 11) is 0. The second kappa shape index (κ2) is 5.08. The third-order valence-electron chi connectivity index (χ3n) is 4.06. The lowest BCUT2D eigenvalue weighted by atomic mass is 9.86. The Bertz CT molecular complexity index is 548. The van der Waals surface area contributed by atoms with Gasteiger partial charge >= 0.3 is 0 Å². The number of aryl methyl sites for hydroxylation is 1. The summed E-state index contributed by atoms with van der Waals surface area (Å²) in [6, 6.07) is 8.39. The van der Waals surface area contributed by atoms with E-state index in [9.17, 15) is 0 Å². The third-order valence-corrected chi connectivity index (χ3v) is 4.06. The van der Waals surface area contributed by atoms with E-state index in [1.54, 1.807) is 0 Å². The SMILES string of the molecule is Cc1ccc(-n2cc(N)c(C3CCCCC3)n2)cc1. The first-order valence-electron chi connectivity index (χ1n) is 7.16. The molecule has 2 N–H and O–H groups in total. The third kappa shape index (κ3) is 2.50. The molecule has 3 heteroatoms. The Labute approximate surface area is 114 Å². The maximum atomic E-state index is 6.16. The molecule has 0 aliphatic heterocycles. The van der Waals surface area contributed by atoms with Gasteiger partial charge < -0.3 is 5.73 Å². The highest BCUT2D eigenvalue weighted by atomic mass is 15.3. The smallest absolute Gasteiger partial charge is 0.0889 e. The molecule has 1 aromatic heterocycles. The van der Waals surface area contributed by atoms with E-state index in [1.165, 1.54) is 37.7 Å². The molecule has 19 heavy (non-hydrogen) atoms. The Kier molecular flexibility index (Phi) is 3.28. The Morgan fingerprint density at radius 2 is 1.79 bits per heavy atom. The van der Waals surface area contributed by atoms with Crippen LogP contribution in [0.25, 0.3) is 5.69 Å². The molecule has 1 aliphatic rings. The highest BCUT2D eigenvalue weighted by molar-refractivity contribution is 5.46. The van der Waals surface area contributed by atoms with Crippen LogP contribution in [-0.4, -0.2) is 9.78 Å². The van der Waals surface area contributed by atoms with E-state index >= 15 is 0 Å². The van der Waals surface area contributed by atoms with Crippen molar-refractivity contribution in [3.05, 3.63) is 41.7 Å². The molecule has 0 bridgehead atoms. The van der Waals surface area contributed by atoms with Gasteiger partial charge in [0, 0.05) is 5.92 Å². The zero-order valence-electron chi connectivity index (χ0n) is 11.5. The molecule has 1 saturated carbocycles. The summed E-state index contributed by atoms with van der Waals surface area (Å²) in [4.78, 5) is 0. The number of hydrogen-bond donors (Lipinski definition) is 1.